The van der Waals surface area contributed by atoms with Gasteiger partial charge in [-0.05, 0) is 12.1 Å². The summed E-state index contributed by atoms with van der Waals surface area (Å²) in [7, 11) is 0. The number of carbonyl (C=O) groups excluding carboxylic acids is 1. The standard InChI is InChI=1S/C12H13ClN8O.ClH/c13-8-10(18-5-6-3-1-2-4-17-6)20-9(14)7(19-8)11(22)21-12(15)16;/h1-4H,5H2,(H3,14,18,20)(H4,15,16,21,22);1H. The number of carbonyl (C=O) groups is 1. The number of nitrogens with one attached hydrogen (secondary N) is 1. The molecule has 7 N–H and O–H groups in total. The summed E-state index contributed by atoms with van der Waals surface area (Å²) in [6.45, 7) is 0.371. The summed E-state index contributed by atoms with van der Waals surface area (Å²) in [5.41, 5.74) is 16.5. The van der Waals surface area contributed by atoms with Crippen molar-refractivity contribution in [2.75, 3.05) is 11.1 Å². The van der Waals surface area contributed by atoms with Crippen LogP contribution in [0.4, 0.5) is 11.6 Å². The molecule has 9 nitrogen and oxygen atoms in total. The van der Waals surface area contributed by atoms with Gasteiger partial charge in [0.1, 0.15) is 0 Å². The number of pyridine rings is 1. The first-order valence-corrected chi connectivity index (χ1v) is 6.46. The van der Waals surface area contributed by atoms with Crippen LogP contribution in [0.2, 0.25) is 5.15 Å². The third kappa shape index (κ3) is 4.94. The number of nitrogens with zero attached hydrogens (tertiary/aromatic N) is 4. The smallest absolute Gasteiger partial charge is 0.302 e. The molecule has 2 aromatic heterocycles. The van der Waals surface area contributed by atoms with Crippen LogP contribution in [-0.2, 0) is 6.54 Å². The molecule has 0 saturated heterocycles. The average molecular weight is 357 g/mol. The van der Waals surface area contributed by atoms with Crippen LogP contribution in [0.15, 0.2) is 29.4 Å². The zero-order valence-corrected chi connectivity index (χ0v) is 13.3. The molecule has 2 aromatic rings. The first-order chi connectivity index (χ1) is 10.5. The number of anilines is 2. The normalized spacial score (nSPS) is 9.61. The number of guanidine groups is 1. The van der Waals surface area contributed by atoms with Crippen LogP contribution in [0.1, 0.15) is 16.2 Å². The second-order valence-corrected chi connectivity index (χ2v) is 4.47. The highest BCUT2D eigenvalue weighted by Gasteiger charge is 2.16. The lowest BCUT2D eigenvalue weighted by Gasteiger charge is -2.09. The zero-order chi connectivity index (χ0) is 16.1. The van der Waals surface area contributed by atoms with E-state index in [1.165, 1.54) is 0 Å². The van der Waals surface area contributed by atoms with E-state index in [1.807, 2.05) is 12.1 Å². The van der Waals surface area contributed by atoms with Crippen LogP contribution in [0.5, 0.6) is 0 Å². The number of rotatable bonds is 4. The van der Waals surface area contributed by atoms with Gasteiger partial charge in [-0.3, -0.25) is 9.78 Å². The maximum absolute atomic E-state index is 11.7. The molecule has 11 heteroatoms. The molecule has 122 valence electrons. The highest BCUT2D eigenvalue weighted by Crippen LogP contribution is 2.21. The van der Waals surface area contributed by atoms with Gasteiger partial charge < -0.3 is 22.5 Å². The molecule has 1 amide bonds. The third-order valence-electron chi connectivity index (χ3n) is 2.48. The summed E-state index contributed by atoms with van der Waals surface area (Å²) in [5, 5.41) is 2.90. The fourth-order valence-electron chi connectivity index (χ4n) is 1.54. The van der Waals surface area contributed by atoms with Crippen LogP contribution in [0, 0.1) is 0 Å². The van der Waals surface area contributed by atoms with E-state index in [0.717, 1.165) is 5.69 Å². The third-order valence-corrected chi connectivity index (χ3v) is 2.74. The number of aromatic nitrogens is 3. The summed E-state index contributed by atoms with van der Waals surface area (Å²) in [4.78, 5) is 27.0. The van der Waals surface area contributed by atoms with E-state index < -0.39 is 11.9 Å². The lowest BCUT2D eigenvalue weighted by Crippen LogP contribution is -2.24. The number of hydrogen-bond donors (Lipinski definition) is 4. The van der Waals surface area contributed by atoms with Crippen molar-refractivity contribution in [3.05, 3.63) is 40.9 Å². The van der Waals surface area contributed by atoms with Crippen molar-refractivity contribution in [3.8, 4) is 0 Å². The van der Waals surface area contributed by atoms with Gasteiger partial charge in [-0.15, -0.1) is 12.4 Å². The summed E-state index contributed by atoms with van der Waals surface area (Å²) >= 11 is 5.97. The zero-order valence-electron chi connectivity index (χ0n) is 11.7. The van der Waals surface area contributed by atoms with Crippen molar-refractivity contribution in [1.82, 2.24) is 15.0 Å². The Kier molecular flexibility index (Phi) is 6.49. The Bertz CT molecular complexity index is 719. The summed E-state index contributed by atoms with van der Waals surface area (Å²) in [6, 6.07) is 5.48. The van der Waals surface area contributed by atoms with E-state index >= 15 is 0 Å². The van der Waals surface area contributed by atoms with Crippen molar-refractivity contribution in [2.24, 2.45) is 16.5 Å². The lowest BCUT2D eigenvalue weighted by atomic mass is 10.3. The second-order valence-electron chi connectivity index (χ2n) is 4.11. The fourth-order valence-corrected chi connectivity index (χ4v) is 1.74. The first-order valence-electron chi connectivity index (χ1n) is 6.08. The topological polar surface area (TPSA) is 158 Å². The minimum absolute atomic E-state index is 0. The molecule has 0 spiro atoms. The lowest BCUT2D eigenvalue weighted by molar-refractivity contribution is 0.0998. The Morgan fingerprint density at radius 3 is 2.65 bits per heavy atom. The average Bonchev–Trinajstić information content (AvgIpc) is 2.48. The van der Waals surface area contributed by atoms with Gasteiger partial charge in [-0.2, -0.15) is 4.99 Å². The molecule has 0 aliphatic rings. The van der Waals surface area contributed by atoms with Crippen molar-refractivity contribution < 1.29 is 4.79 Å². The predicted molar refractivity (Wildman–Crippen MR) is 90.4 cm³/mol. The minimum atomic E-state index is -0.817. The molecule has 0 atom stereocenters. The fraction of sp³-hybridized carbons (Fsp3) is 0.0833. The molecule has 0 aromatic carbocycles. The Labute approximate surface area is 142 Å². The molecular weight excluding hydrogens is 343 g/mol. The van der Waals surface area contributed by atoms with Crippen LogP contribution in [0.3, 0.4) is 0 Å². The first kappa shape index (κ1) is 18.4. The molecule has 0 unspecified atom stereocenters. The van der Waals surface area contributed by atoms with Crippen LogP contribution < -0.4 is 22.5 Å². The Morgan fingerprint density at radius 2 is 2.04 bits per heavy atom. The van der Waals surface area contributed by atoms with Crippen LogP contribution in [0.25, 0.3) is 0 Å². The molecule has 2 rings (SSSR count). The maximum Gasteiger partial charge on any atom is 0.302 e. The Hall–Kier alpha value is -2.65. The van der Waals surface area contributed by atoms with Crippen LogP contribution >= 0.6 is 24.0 Å². The number of halogens is 2. The maximum atomic E-state index is 11.7. The monoisotopic (exact) mass is 356 g/mol. The van der Waals surface area contributed by atoms with E-state index in [0.29, 0.717) is 6.54 Å². The summed E-state index contributed by atoms with van der Waals surface area (Å²) < 4.78 is 0. The Balaban J connectivity index is 0.00000264. The quantitative estimate of drug-likeness (QED) is 0.456. The number of nitrogen functional groups attached to an aromatic ring is 1. The van der Waals surface area contributed by atoms with Gasteiger partial charge in [0.2, 0.25) is 0 Å². The van der Waals surface area contributed by atoms with Gasteiger partial charge in [0.15, 0.2) is 28.4 Å². The number of nitrogens with two attached hydrogens (primary N) is 3. The van der Waals surface area contributed by atoms with Crippen LogP contribution in [-0.4, -0.2) is 26.8 Å². The van der Waals surface area contributed by atoms with E-state index in [-0.39, 0.29) is 34.9 Å². The summed E-state index contributed by atoms with van der Waals surface area (Å²) in [6.07, 6.45) is 1.66. The van der Waals surface area contributed by atoms with E-state index in [9.17, 15) is 4.79 Å². The van der Waals surface area contributed by atoms with Gasteiger partial charge in [0, 0.05) is 6.20 Å². The van der Waals surface area contributed by atoms with Gasteiger partial charge in [0.25, 0.3) is 0 Å². The molecule has 0 saturated carbocycles. The van der Waals surface area contributed by atoms with Crippen molar-refractivity contribution >= 4 is 47.5 Å². The molecule has 0 radical (unpaired) electrons. The predicted octanol–water partition coefficient (Wildman–Crippen LogP) is 0.555. The van der Waals surface area contributed by atoms with Gasteiger partial charge >= 0.3 is 5.91 Å². The van der Waals surface area contributed by atoms with E-state index in [2.05, 4.69) is 25.3 Å². The van der Waals surface area contributed by atoms with Gasteiger partial charge in [0.05, 0.1) is 12.2 Å². The minimum Gasteiger partial charge on any atom is -0.382 e. The molecule has 0 aliphatic heterocycles. The number of amides is 1. The molecule has 0 bridgehead atoms. The summed E-state index contributed by atoms with van der Waals surface area (Å²) in [5.74, 6) is -1.13. The van der Waals surface area contributed by atoms with Gasteiger partial charge in [-0.25, -0.2) is 9.97 Å². The van der Waals surface area contributed by atoms with Crippen molar-refractivity contribution in [2.45, 2.75) is 6.54 Å². The van der Waals surface area contributed by atoms with Crippen molar-refractivity contribution in [1.29, 1.82) is 0 Å². The highest BCUT2D eigenvalue weighted by molar-refractivity contribution is 6.32. The van der Waals surface area contributed by atoms with E-state index in [1.54, 1.807) is 12.3 Å². The largest absolute Gasteiger partial charge is 0.382 e. The number of hydrogen-bond acceptors (Lipinski definition) is 6. The highest BCUT2D eigenvalue weighted by atomic mass is 35.5. The molecule has 23 heavy (non-hydrogen) atoms. The van der Waals surface area contributed by atoms with E-state index in [4.69, 9.17) is 28.8 Å². The Morgan fingerprint density at radius 1 is 1.30 bits per heavy atom. The molecule has 2 heterocycles. The van der Waals surface area contributed by atoms with Crippen molar-refractivity contribution in [3.63, 3.8) is 0 Å². The molecule has 0 fully saturated rings. The van der Waals surface area contributed by atoms with Gasteiger partial charge in [-0.1, -0.05) is 17.7 Å². The molecular formula is C12H14Cl2N8O. The SMILES string of the molecule is Cl.NC(N)=NC(=O)c1nc(Cl)c(NCc2ccccn2)nc1N. The molecule has 0 aliphatic carbocycles. The number of aliphatic imine (C=N–C) groups is 1. The second kappa shape index (κ2) is 8.11.